The van der Waals surface area contributed by atoms with Crippen LogP contribution in [0.25, 0.3) is 0 Å². The number of aromatic nitrogens is 2. The fourth-order valence-electron chi connectivity index (χ4n) is 3.92. The Morgan fingerprint density at radius 3 is 2.62 bits per heavy atom. The molecule has 2 aromatic rings. The maximum atomic E-state index is 5.57. The Bertz CT molecular complexity index is 814. The third-order valence-electron chi connectivity index (χ3n) is 5.80. The number of guanidine groups is 1. The second-order valence-corrected chi connectivity index (χ2v) is 7.96. The first kappa shape index (κ1) is 24.1. The van der Waals surface area contributed by atoms with Gasteiger partial charge < -0.3 is 24.7 Å². The van der Waals surface area contributed by atoms with Crippen molar-refractivity contribution in [3.8, 4) is 5.75 Å². The van der Waals surface area contributed by atoms with Crippen molar-refractivity contribution in [1.82, 2.24) is 25.1 Å². The first-order valence-electron chi connectivity index (χ1n) is 11.7. The highest BCUT2D eigenvalue weighted by Gasteiger charge is 2.22. The van der Waals surface area contributed by atoms with Crippen molar-refractivity contribution >= 4 is 5.96 Å². The summed E-state index contributed by atoms with van der Waals surface area (Å²) >= 11 is 0. The van der Waals surface area contributed by atoms with Gasteiger partial charge in [-0.25, -0.2) is 4.98 Å². The molecular formula is C24H38N6O2. The van der Waals surface area contributed by atoms with Gasteiger partial charge in [-0.2, -0.15) is 0 Å². The van der Waals surface area contributed by atoms with Crippen molar-refractivity contribution < 1.29 is 9.47 Å². The highest BCUT2D eigenvalue weighted by Crippen LogP contribution is 2.24. The number of nitrogens with zero attached hydrogens (tertiary/aromatic N) is 4. The number of aryl methyl sites for hydroxylation is 2. The van der Waals surface area contributed by atoms with E-state index in [4.69, 9.17) is 14.5 Å². The Morgan fingerprint density at radius 2 is 1.97 bits per heavy atom. The minimum Gasteiger partial charge on any atom is -0.497 e. The number of nitrogens with one attached hydrogen (secondary N) is 2. The summed E-state index contributed by atoms with van der Waals surface area (Å²) in [5.74, 6) is 2.82. The Balaban J connectivity index is 1.57. The molecule has 0 saturated carbocycles. The summed E-state index contributed by atoms with van der Waals surface area (Å²) in [5, 5.41) is 6.88. The van der Waals surface area contributed by atoms with Crippen LogP contribution in [-0.4, -0.2) is 73.5 Å². The highest BCUT2D eigenvalue weighted by atomic mass is 16.5. The summed E-state index contributed by atoms with van der Waals surface area (Å²) in [6.07, 6.45) is 6.08. The molecule has 2 N–H and O–H groups in total. The van der Waals surface area contributed by atoms with Crippen LogP contribution in [0.4, 0.5) is 0 Å². The standard InChI is InChI=1S/C24H38N6O2/c1-4-25-24(27-11-5-6-13-29-14-12-26-20(29)2)28-19-23(30-15-17-32-18-16-30)21-7-9-22(31-3)10-8-21/h7-10,12,14,23H,4-6,11,13,15-19H2,1-3H3,(H2,25,27,28). The summed E-state index contributed by atoms with van der Waals surface area (Å²) < 4.78 is 13.1. The van der Waals surface area contributed by atoms with Gasteiger partial charge in [-0.1, -0.05) is 12.1 Å². The smallest absolute Gasteiger partial charge is 0.191 e. The molecule has 1 aromatic heterocycles. The fraction of sp³-hybridized carbons (Fsp3) is 0.583. The van der Waals surface area contributed by atoms with Crippen LogP contribution in [-0.2, 0) is 11.3 Å². The Hall–Kier alpha value is -2.58. The number of benzene rings is 1. The van der Waals surface area contributed by atoms with Crippen molar-refractivity contribution in [1.29, 1.82) is 0 Å². The minimum absolute atomic E-state index is 0.212. The van der Waals surface area contributed by atoms with Gasteiger partial charge in [0.25, 0.3) is 0 Å². The predicted molar refractivity (Wildman–Crippen MR) is 128 cm³/mol. The van der Waals surface area contributed by atoms with E-state index in [-0.39, 0.29) is 6.04 Å². The molecule has 1 saturated heterocycles. The molecule has 8 nitrogen and oxygen atoms in total. The number of imidazole rings is 1. The van der Waals surface area contributed by atoms with Crippen molar-refractivity contribution in [3.05, 3.63) is 48.0 Å². The molecule has 1 aromatic carbocycles. The maximum absolute atomic E-state index is 5.57. The Kier molecular flexibility index (Phi) is 9.84. The molecule has 2 heterocycles. The number of methoxy groups -OCH3 is 1. The van der Waals surface area contributed by atoms with Crippen LogP contribution in [0.5, 0.6) is 5.75 Å². The normalized spacial score (nSPS) is 16.0. The minimum atomic E-state index is 0.212. The number of ether oxygens (including phenoxy) is 2. The van der Waals surface area contributed by atoms with E-state index >= 15 is 0 Å². The van der Waals surface area contributed by atoms with E-state index < -0.39 is 0 Å². The van der Waals surface area contributed by atoms with Gasteiger partial charge in [-0.15, -0.1) is 0 Å². The lowest BCUT2D eigenvalue weighted by Gasteiger charge is -2.34. The van der Waals surface area contributed by atoms with Gasteiger partial charge in [-0.3, -0.25) is 9.89 Å². The Morgan fingerprint density at radius 1 is 1.19 bits per heavy atom. The lowest BCUT2D eigenvalue weighted by Crippen LogP contribution is -2.42. The molecule has 8 heteroatoms. The first-order valence-corrected chi connectivity index (χ1v) is 11.7. The monoisotopic (exact) mass is 442 g/mol. The summed E-state index contributed by atoms with van der Waals surface area (Å²) in [6.45, 7) is 10.9. The molecule has 1 aliphatic heterocycles. The van der Waals surface area contributed by atoms with E-state index in [2.05, 4.69) is 44.1 Å². The quantitative estimate of drug-likeness (QED) is 0.317. The number of hydrogen-bond donors (Lipinski definition) is 2. The molecule has 1 unspecified atom stereocenters. The summed E-state index contributed by atoms with van der Waals surface area (Å²) in [5.41, 5.74) is 1.25. The number of unbranched alkanes of at least 4 members (excludes halogenated alkanes) is 1. The number of rotatable bonds is 11. The van der Waals surface area contributed by atoms with Gasteiger partial charge in [0, 0.05) is 45.1 Å². The van der Waals surface area contributed by atoms with E-state index in [1.807, 2.05) is 31.5 Å². The molecule has 1 fully saturated rings. The Labute approximate surface area is 192 Å². The van der Waals surface area contributed by atoms with Crippen molar-refractivity contribution in [2.24, 2.45) is 4.99 Å². The lowest BCUT2D eigenvalue weighted by molar-refractivity contribution is 0.0179. The van der Waals surface area contributed by atoms with Crippen LogP contribution in [0, 0.1) is 6.92 Å². The SMILES string of the molecule is CCNC(=NCC(c1ccc(OC)cc1)N1CCOCC1)NCCCCn1ccnc1C. The highest BCUT2D eigenvalue weighted by molar-refractivity contribution is 5.79. The molecule has 1 aliphatic rings. The van der Waals surface area contributed by atoms with Crippen molar-refractivity contribution in [2.45, 2.75) is 39.3 Å². The van der Waals surface area contributed by atoms with Crippen molar-refractivity contribution in [2.75, 3.05) is 53.0 Å². The molecule has 0 spiro atoms. The third kappa shape index (κ3) is 7.24. The molecule has 0 radical (unpaired) electrons. The van der Waals surface area contributed by atoms with Gasteiger partial charge in [-0.05, 0) is 44.4 Å². The van der Waals surface area contributed by atoms with E-state index in [0.29, 0.717) is 6.54 Å². The molecule has 0 aliphatic carbocycles. The third-order valence-corrected chi connectivity index (χ3v) is 5.80. The van der Waals surface area contributed by atoms with Crippen LogP contribution >= 0.6 is 0 Å². The van der Waals surface area contributed by atoms with Gasteiger partial charge in [0.15, 0.2) is 5.96 Å². The van der Waals surface area contributed by atoms with E-state index in [1.54, 1.807) is 7.11 Å². The van der Waals surface area contributed by atoms with Crippen LogP contribution in [0.2, 0.25) is 0 Å². The average Bonchev–Trinajstić information content (AvgIpc) is 3.24. The molecule has 32 heavy (non-hydrogen) atoms. The number of hydrogen-bond acceptors (Lipinski definition) is 5. The zero-order chi connectivity index (χ0) is 22.6. The van der Waals surface area contributed by atoms with Crippen LogP contribution in [0.1, 0.15) is 37.2 Å². The number of aliphatic imine (C=N–C) groups is 1. The van der Waals surface area contributed by atoms with E-state index in [0.717, 1.165) is 76.3 Å². The second-order valence-electron chi connectivity index (χ2n) is 7.96. The van der Waals surface area contributed by atoms with Crippen molar-refractivity contribution in [3.63, 3.8) is 0 Å². The van der Waals surface area contributed by atoms with Crippen LogP contribution in [0.3, 0.4) is 0 Å². The maximum Gasteiger partial charge on any atom is 0.191 e. The molecule has 0 bridgehead atoms. The van der Waals surface area contributed by atoms with E-state index in [1.165, 1.54) is 5.56 Å². The number of morpholine rings is 1. The second kappa shape index (κ2) is 13.1. The summed E-state index contributed by atoms with van der Waals surface area (Å²) in [4.78, 5) is 11.7. The molecule has 1 atom stereocenters. The first-order chi connectivity index (χ1) is 15.7. The largest absolute Gasteiger partial charge is 0.497 e. The average molecular weight is 443 g/mol. The van der Waals surface area contributed by atoms with Gasteiger partial charge in [0.1, 0.15) is 11.6 Å². The van der Waals surface area contributed by atoms with Gasteiger partial charge in [0.05, 0.1) is 32.9 Å². The van der Waals surface area contributed by atoms with Gasteiger partial charge >= 0.3 is 0 Å². The zero-order valence-corrected chi connectivity index (χ0v) is 19.7. The zero-order valence-electron chi connectivity index (χ0n) is 19.7. The fourth-order valence-corrected chi connectivity index (χ4v) is 3.92. The van der Waals surface area contributed by atoms with Crippen LogP contribution < -0.4 is 15.4 Å². The molecule has 0 amide bonds. The predicted octanol–water partition coefficient (Wildman–Crippen LogP) is 2.61. The molecular weight excluding hydrogens is 404 g/mol. The van der Waals surface area contributed by atoms with Gasteiger partial charge in [0.2, 0.25) is 0 Å². The summed E-state index contributed by atoms with van der Waals surface area (Å²) in [6, 6.07) is 8.56. The van der Waals surface area contributed by atoms with E-state index in [9.17, 15) is 0 Å². The lowest BCUT2D eigenvalue weighted by atomic mass is 10.0. The topological polar surface area (TPSA) is 75.9 Å². The van der Waals surface area contributed by atoms with Crippen LogP contribution in [0.15, 0.2) is 41.7 Å². The molecule has 3 rings (SSSR count). The summed E-state index contributed by atoms with van der Waals surface area (Å²) in [7, 11) is 1.70. The molecule has 176 valence electrons.